The molecule has 4 rings (SSSR count). The van der Waals surface area contributed by atoms with Crippen molar-refractivity contribution < 1.29 is 9.72 Å². The normalized spacial score (nSPS) is 16.6. The minimum absolute atomic E-state index is 0.0460. The first-order chi connectivity index (χ1) is 13.9. The van der Waals surface area contributed by atoms with Crippen LogP contribution in [-0.2, 0) is 4.79 Å². The minimum atomic E-state index is -0.421. The van der Waals surface area contributed by atoms with Crippen molar-refractivity contribution in [3.05, 3.63) is 73.9 Å². The number of benzene rings is 1. The molecule has 0 radical (unpaired) electrons. The second-order valence-corrected chi connectivity index (χ2v) is 8.14. The molecular weight excluding hydrogens is 410 g/mol. The molecule has 0 bridgehead atoms. The summed E-state index contributed by atoms with van der Waals surface area (Å²) < 4.78 is 2.00. The van der Waals surface area contributed by atoms with Crippen molar-refractivity contribution in [2.24, 2.45) is 4.99 Å². The van der Waals surface area contributed by atoms with Crippen LogP contribution < -0.4 is 5.32 Å². The molecule has 2 aromatic heterocycles. The summed E-state index contributed by atoms with van der Waals surface area (Å²) in [5.74, 6) is -0.203. The first-order valence-electron chi connectivity index (χ1n) is 8.55. The van der Waals surface area contributed by atoms with Crippen LogP contribution in [0.25, 0.3) is 11.8 Å². The number of thioether (sulfide) groups is 1. The molecule has 0 atom stereocenters. The number of hydrogen-bond donors (Lipinski definition) is 1. The standard InChI is InChI=1S/C19H15N5O3S2/c1-11-9-13(12(2)23(11)14-3-5-15(6-4-14)24(26)27)10-16-17(25)21-19(29-16)22-18-20-7-8-28-18/h3-10H,1-2H3,(H,20,21,22,25)/b16-10-. The summed E-state index contributed by atoms with van der Waals surface area (Å²) in [5.41, 5.74) is 3.66. The summed E-state index contributed by atoms with van der Waals surface area (Å²) >= 11 is 2.67. The number of thiazole rings is 1. The third-order valence-electron chi connectivity index (χ3n) is 4.34. The molecule has 1 N–H and O–H groups in total. The number of nitrogens with one attached hydrogen (secondary N) is 1. The Bertz CT molecular complexity index is 1160. The van der Waals surface area contributed by atoms with E-state index in [1.807, 2.05) is 35.9 Å². The van der Waals surface area contributed by atoms with E-state index in [1.165, 1.54) is 35.2 Å². The molecule has 1 aromatic carbocycles. The number of carbonyl (C=O) groups excluding carboxylic acids is 1. The van der Waals surface area contributed by atoms with Crippen LogP contribution in [-0.4, -0.2) is 25.5 Å². The number of nitro groups is 1. The molecule has 0 aliphatic carbocycles. The zero-order valence-corrected chi connectivity index (χ0v) is 17.1. The molecule has 10 heteroatoms. The lowest BCUT2D eigenvalue weighted by molar-refractivity contribution is -0.384. The number of aliphatic imine (C=N–C) groups is 1. The lowest BCUT2D eigenvalue weighted by Crippen LogP contribution is -2.19. The van der Waals surface area contributed by atoms with Crippen molar-refractivity contribution in [1.29, 1.82) is 0 Å². The van der Waals surface area contributed by atoms with Gasteiger partial charge in [-0.05, 0) is 55.4 Å². The molecule has 1 amide bonds. The van der Waals surface area contributed by atoms with Crippen LogP contribution in [0.5, 0.6) is 0 Å². The second-order valence-electron chi connectivity index (χ2n) is 6.23. The molecule has 1 aliphatic rings. The Kier molecular flexibility index (Phi) is 5.03. The Balaban J connectivity index is 1.64. The number of nitro benzene ring substituents is 1. The summed E-state index contributed by atoms with van der Waals surface area (Å²) in [6.07, 6.45) is 3.49. The highest BCUT2D eigenvalue weighted by atomic mass is 32.2. The van der Waals surface area contributed by atoms with Gasteiger partial charge in [0.25, 0.3) is 11.6 Å². The van der Waals surface area contributed by atoms with E-state index in [-0.39, 0.29) is 11.6 Å². The van der Waals surface area contributed by atoms with Gasteiger partial charge in [-0.25, -0.2) is 4.98 Å². The van der Waals surface area contributed by atoms with Crippen molar-refractivity contribution in [1.82, 2.24) is 14.9 Å². The Hall–Kier alpha value is -3.24. The van der Waals surface area contributed by atoms with E-state index in [0.717, 1.165) is 22.6 Å². The SMILES string of the molecule is Cc1cc(/C=C2\S/C(=N/c3nccs3)NC2=O)c(C)n1-c1ccc([N+](=O)[O-])cc1. The number of non-ortho nitro benzene ring substituents is 1. The number of nitrogens with zero attached hydrogens (tertiary/aromatic N) is 4. The van der Waals surface area contributed by atoms with Crippen LogP contribution in [0.3, 0.4) is 0 Å². The number of aromatic nitrogens is 2. The minimum Gasteiger partial charge on any atom is -0.318 e. The van der Waals surface area contributed by atoms with Gasteiger partial charge in [-0.15, -0.1) is 11.3 Å². The van der Waals surface area contributed by atoms with E-state index in [0.29, 0.717) is 15.2 Å². The van der Waals surface area contributed by atoms with Crippen molar-refractivity contribution >= 4 is 51.1 Å². The summed E-state index contributed by atoms with van der Waals surface area (Å²) in [4.78, 5) is 31.7. The van der Waals surface area contributed by atoms with Gasteiger partial charge in [-0.2, -0.15) is 4.99 Å². The zero-order chi connectivity index (χ0) is 20.5. The highest BCUT2D eigenvalue weighted by Gasteiger charge is 2.25. The maximum Gasteiger partial charge on any atom is 0.269 e. The molecule has 1 aliphatic heterocycles. The largest absolute Gasteiger partial charge is 0.318 e. The highest BCUT2D eigenvalue weighted by molar-refractivity contribution is 8.18. The average molecular weight is 425 g/mol. The third kappa shape index (κ3) is 3.84. The molecule has 0 saturated carbocycles. The van der Waals surface area contributed by atoms with Crippen LogP contribution in [0.4, 0.5) is 10.8 Å². The van der Waals surface area contributed by atoms with Crippen molar-refractivity contribution in [2.45, 2.75) is 13.8 Å². The smallest absolute Gasteiger partial charge is 0.269 e. The molecule has 1 saturated heterocycles. The molecule has 1 fully saturated rings. The third-order valence-corrected chi connectivity index (χ3v) is 5.92. The predicted molar refractivity (Wildman–Crippen MR) is 115 cm³/mol. The van der Waals surface area contributed by atoms with Crippen LogP contribution in [0, 0.1) is 24.0 Å². The Morgan fingerprint density at radius 3 is 2.69 bits per heavy atom. The first-order valence-corrected chi connectivity index (χ1v) is 10.2. The fraction of sp³-hybridized carbons (Fsp3) is 0.105. The van der Waals surface area contributed by atoms with E-state index in [1.54, 1.807) is 18.3 Å². The number of hydrogen-bond acceptors (Lipinski definition) is 7. The Morgan fingerprint density at radius 1 is 1.28 bits per heavy atom. The molecule has 0 unspecified atom stereocenters. The monoisotopic (exact) mass is 425 g/mol. The van der Waals surface area contributed by atoms with Gasteiger partial charge < -0.3 is 9.88 Å². The van der Waals surface area contributed by atoms with Gasteiger partial charge in [-0.1, -0.05) is 0 Å². The molecule has 3 aromatic rings. The summed E-state index contributed by atoms with van der Waals surface area (Å²) in [5, 5.41) is 16.5. The van der Waals surface area contributed by atoms with Gasteiger partial charge in [0.1, 0.15) is 0 Å². The number of amides is 1. The summed E-state index contributed by atoms with van der Waals surface area (Å²) in [6, 6.07) is 8.37. The van der Waals surface area contributed by atoms with E-state index in [9.17, 15) is 14.9 Å². The number of carbonyl (C=O) groups is 1. The Morgan fingerprint density at radius 2 is 2.03 bits per heavy atom. The lowest BCUT2D eigenvalue weighted by atomic mass is 10.2. The summed E-state index contributed by atoms with van der Waals surface area (Å²) in [7, 11) is 0. The van der Waals surface area contributed by atoms with E-state index >= 15 is 0 Å². The second kappa shape index (κ2) is 7.64. The molecule has 146 valence electrons. The van der Waals surface area contributed by atoms with Gasteiger partial charge in [-0.3, -0.25) is 14.9 Å². The molecule has 29 heavy (non-hydrogen) atoms. The highest BCUT2D eigenvalue weighted by Crippen LogP contribution is 2.31. The maximum absolute atomic E-state index is 12.3. The molecular formula is C19H15N5O3S2. The fourth-order valence-corrected chi connectivity index (χ4v) is 4.41. The van der Waals surface area contributed by atoms with Crippen molar-refractivity contribution in [2.75, 3.05) is 0 Å². The van der Waals surface area contributed by atoms with Crippen molar-refractivity contribution in [3.63, 3.8) is 0 Å². The van der Waals surface area contributed by atoms with Crippen molar-refractivity contribution in [3.8, 4) is 5.69 Å². The maximum atomic E-state index is 12.3. The number of aryl methyl sites for hydroxylation is 1. The van der Waals surface area contributed by atoms with Gasteiger partial charge >= 0.3 is 0 Å². The average Bonchev–Trinajstić information content (AvgIpc) is 3.38. The van der Waals surface area contributed by atoms with Crippen LogP contribution >= 0.6 is 23.1 Å². The fourth-order valence-electron chi connectivity index (χ4n) is 3.03. The van der Waals surface area contributed by atoms with Crippen LogP contribution in [0.15, 0.2) is 51.8 Å². The number of amidine groups is 1. The van der Waals surface area contributed by atoms with Gasteiger partial charge in [0.15, 0.2) is 5.17 Å². The topological polar surface area (TPSA) is 102 Å². The zero-order valence-electron chi connectivity index (χ0n) is 15.4. The van der Waals surface area contributed by atoms with Gasteiger partial charge in [0.2, 0.25) is 5.13 Å². The quantitative estimate of drug-likeness (QED) is 0.380. The summed E-state index contributed by atoms with van der Waals surface area (Å²) in [6.45, 7) is 3.90. The Labute approximate surface area is 174 Å². The molecule has 0 spiro atoms. The lowest BCUT2D eigenvalue weighted by Gasteiger charge is -2.09. The number of rotatable bonds is 4. The van der Waals surface area contributed by atoms with E-state index in [2.05, 4.69) is 15.3 Å². The first kappa shape index (κ1) is 19.1. The van der Waals surface area contributed by atoms with Crippen LogP contribution in [0.2, 0.25) is 0 Å². The molecule has 8 nitrogen and oxygen atoms in total. The predicted octanol–water partition coefficient (Wildman–Crippen LogP) is 4.35. The van der Waals surface area contributed by atoms with Crippen LogP contribution in [0.1, 0.15) is 17.0 Å². The van der Waals surface area contributed by atoms with Gasteiger partial charge in [0.05, 0.1) is 9.83 Å². The molecule has 3 heterocycles. The van der Waals surface area contributed by atoms with Gasteiger partial charge in [0, 0.05) is 40.8 Å². The van der Waals surface area contributed by atoms with E-state index < -0.39 is 4.92 Å². The van der Waals surface area contributed by atoms with E-state index in [4.69, 9.17) is 0 Å².